The lowest BCUT2D eigenvalue weighted by Gasteiger charge is -2.29. The first-order valence-corrected chi connectivity index (χ1v) is 12.6. The third-order valence-corrected chi connectivity index (χ3v) is 6.86. The molecule has 1 atom stereocenters. The molecule has 2 rings (SSSR count). The van der Waals surface area contributed by atoms with Gasteiger partial charge in [-0.25, -0.2) is 12.8 Å². The minimum atomic E-state index is -3.55. The molecule has 0 aliphatic carbocycles. The third-order valence-electron chi connectivity index (χ3n) is 5.68. The van der Waals surface area contributed by atoms with Crippen LogP contribution in [0.25, 0.3) is 0 Å². The first kappa shape index (κ1) is 26.3. The summed E-state index contributed by atoms with van der Waals surface area (Å²) in [6.07, 6.45) is 1.48. The van der Waals surface area contributed by atoms with Crippen molar-refractivity contribution in [2.24, 2.45) is 0 Å². The number of likely N-dealkylation sites (N-methyl/N-ethyl adjacent to an activating group) is 1. The van der Waals surface area contributed by atoms with E-state index < -0.39 is 16.1 Å². The van der Waals surface area contributed by atoms with Crippen LogP contribution in [0.2, 0.25) is 0 Å². The van der Waals surface area contributed by atoms with E-state index in [1.54, 1.807) is 31.2 Å². The molecule has 2 amide bonds. The van der Waals surface area contributed by atoms with E-state index in [1.165, 1.54) is 28.4 Å². The van der Waals surface area contributed by atoms with Crippen molar-refractivity contribution in [2.75, 3.05) is 24.2 Å². The van der Waals surface area contributed by atoms with Gasteiger partial charge >= 0.3 is 0 Å². The van der Waals surface area contributed by atoms with Crippen molar-refractivity contribution >= 4 is 27.5 Å². The average molecular weight is 478 g/mol. The molecule has 7 nitrogen and oxygen atoms in total. The highest BCUT2D eigenvalue weighted by Gasteiger charge is 2.26. The summed E-state index contributed by atoms with van der Waals surface area (Å²) in [4.78, 5) is 26.7. The second-order valence-corrected chi connectivity index (χ2v) is 10.0. The summed E-state index contributed by atoms with van der Waals surface area (Å²) in [5.74, 6) is -0.994. The minimum absolute atomic E-state index is 0.0550. The number of hydrogen-bond acceptors (Lipinski definition) is 4. The summed E-state index contributed by atoms with van der Waals surface area (Å²) in [5, 5.41) is 2.54. The first-order chi connectivity index (χ1) is 15.5. The molecule has 0 fully saturated rings. The fourth-order valence-electron chi connectivity index (χ4n) is 3.57. The molecule has 0 saturated heterocycles. The maximum Gasteiger partial charge on any atom is 0.242 e. The highest BCUT2D eigenvalue weighted by molar-refractivity contribution is 7.92. The minimum Gasteiger partial charge on any atom is -0.357 e. The van der Waals surface area contributed by atoms with Crippen LogP contribution in [0.15, 0.2) is 42.5 Å². The summed E-state index contributed by atoms with van der Waals surface area (Å²) >= 11 is 0. The Morgan fingerprint density at radius 3 is 2.30 bits per heavy atom. The second kappa shape index (κ2) is 11.3. The van der Waals surface area contributed by atoms with Gasteiger partial charge in [-0.2, -0.15) is 0 Å². The van der Waals surface area contributed by atoms with Gasteiger partial charge in [0.25, 0.3) is 0 Å². The number of sulfonamides is 1. The van der Waals surface area contributed by atoms with Gasteiger partial charge in [0.1, 0.15) is 11.9 Å². The van der Waals surface area contributed by atoms with Crippen molar-refractivity contribution in [1.82, 2.24) is 10.2 Å². The van der Waals surface area contributed by atoms with E-state index in [-0.39, 0.29) is 43.6 Å². The van der Waals surface area contributed by atoms with Crippen LogP contribution in [0.3, 0.4) is 0 Å². The predicted molar refractivity (Wildman–Crippen MR) is 128 cm³/mol. The topological polar surface area (TPSA) is 86.8 Å². The Balaban J connectivity index is 2.17. The standard InChI is InChI=1S/C24H32FN3O4S/c1-17-8-6-9-22(18(17)2)28(33(5,31)32)15-7-10-23(29)27(19(3)24(30)26-4)16-20-11-13-21(25)14-12-20/h6,8-9,11-14,19H,7,10,15-16H2,1-5H3,(H,26,30)/t19-/m0/s1. The van der Waals surface area contributed by atoms with E-state index in [0.717, 1.165) is 17.4 Å². The molecule has 0 saturated carbocycles. The van der Waals surface area contributed by atoms with Gasteiger partial charge in [0.2, 0.25) is 21.8 Å². The maximum absolute atomic E-state index is 13.3. The molecular weight excluding hydrogens is 445 g/mol. The van der Waals surface area contributed by atoms with Crippen molar-refractivity contribution in [3.8, 4) is 0 Å². The molecule has 9 heteroatoms. The second-order valence-electron chi connectivity index (χ2n) is 8.10. The Bertz CT molecular complexity index is 1090. The van der Waals surface area contributed by atoms with Gasteiger partial charge in [-0.1, -0.05) is 24.3 Å². The largest absolute Gasteiger partial charge is 0.357 e. The molecule has 0 unspecified atom stereocenters. The van der Waals surface area contributed by atoms with E-state index in [2.05, 4.69) is 5.32 Å². The Morgan fingerprint density at radius 2 is 1.73 bits per heavy atom. The number of halogens is 1. The molecule has 0 heterocycles. The zero-order valence-electron chi connectivity index (χ0n) is 19.8. The van der Waals surface area contributed by atoms with Crippen molar-refractivity contribution in [3.05, 3.63) is 65.0 Å². The van der Waals surface area contributed by atoms with Crippen LogP contribution in [-0.2, 0) is 26.2 Å². The number of hydrogen-bond donors (Lipinski definition) is 1. The van der Waals surface area contributed by atoms with Crippen LogP contribution >= 0.6 is 0 Å². The first-order valence-electron chi connectivity index (χ1n) is 10.7. The molecule has 0 bridgehead atoms. The van der Waals surface area contributed by atoms with Gasteiger partial charge in [-0.3, -0.25) is 13.9 Å². The molecule has 33 heavy (non-hydrogen) atoms. The quantitative estimate of drug-likeness (QED) is 0.570. The van der Waals surface area contributed by atoms with Gasteiger partial charge in [0, 0.05) is 26.6 Å². The summed E-state index contributed by atoms with van der Waals surface area (Å²) in [6, 6.07) is 10.5. The Labute approximate surface area is 195 Å². The lowest BCUT2D eigenvalue weighted by molar-refractivity contribution is -0.140. The summed E-state index contributed by atoms with van der Waals surface area (Å²) in [6.45, 7) is 5.67. The zero-order chi connectivity index (χ0) is 24.8. The zero-order valence-corrected chi connectivity index (χ0v) is 20.6. The number of aryl methyl sites for hydroxylation is 1. The van der Waals surface area contributed by atoms with Gasteiger partial charge in [-0.05, 0) is 62.1 Å². The van der Waals surface area contributed by atoms with Gasteiger partial charge in [-0.15, -0.1) is 0 Å². The average Bonchev–Trinajstić information content (AvgIpc) is 2.76. The van der Waals surface area contributed by atoms with Crippen molar-refractivity contribution in [2.45, 2.75) is 46.2 Å². The molecule has 2 aromatic rings. The maximum atomic E-state index is 13.3. The highest BCUT2D eigenvalue weighted by Crippen LogP contribution is 2.25. The smallest absolute Gasteiger partial charge is 0.242 e. The molecule has 1 N–H and O–H groups in total. The van der Waals surface area contributed by atoms with E-state index in [9.17, 15) is 22.4 Å². The van der Waals surface area contributed by atoms with Crippen LogP contribution < -0.4 is 9.62 Å². The molecular formula is C24H32FN3O4S. The van der Waals surface area contributed by atoms with Crippen LogP contribution in [0.5, 0.6) is 0 Å². The number of carbonyl (C=O) groups is 2. The molecule has 2 aromatic carbocycles. The third kappa shape index (κ3) is 7.02. The molecule has 0 radical (unpaired) electrons. The summed E-state index contributed by atoms with van der Waals surface area (Å²) in [7, 11) is -2.06. The fraction of sp³-hybridized carbons (Fsp3) is 0.417. The Morgan fingerprint density at radius 1 is 1.09 bits per heavy atom. The number of rotatable bonds is 10. The van der Waals surface area contributed by atoms with E-state index in [4.69, 9.17) is 0 Å². The number of nitrogens with one attached hydrogen (secondary N) is 1. The van der Waals surface area contributed by atoms with Gasteiger partial charge in [0.15, 0.2) is 0 Å². The monoisotopic (exact) mass is 477 g/mol. The lowest BCUT2D eigenvalue weighted by Crippen LogP contribution is -2.46. The van der Waals surface area contributed by atoms with Crippen molar-refractivity contribution in [3.63, 3.8) is 0 Å². The lowest BCUT2D eigenvalue weighted by atomic mass is 10.1. The van der Waals surface area contributed by atoms with Gasteiger partial charge in [0.05, 0.1) is 11.9 Å². The van der Waals surface area contributed by atoms with Crippen molar-refractivity contribution in [1.29, 1.82) is 0 Å². The molecule has 0 aliphatic heterocycles. The molecule has 0 aliphatic rings. The normalized spacial score (nSPS) is 12.2. The van der Waals surface area contributed by atoms with Gasteiger partial charge < -0.3 is 10.2 Å². The van der Waals surface area contributed by atoms with E-state index >= 15 is 0 Å². The number of anilines is 1. The Kier molecular flexibility index (Phi) is 8.99. The van der Waals surface area contributed by atoms with Crippen LogP contribution in [-0.4, -0.2) is 51.0 Å². The van der Waals surface area contributed by atoms with E-state index in [0.29, 0.717) is 11.3 Å². The number of carbonyl (C=O) groups excluding carboxylic acids is 2. The summed E-state index contributed by atoms with van der Waals surface area (Å²) in [5.41, 5.74) is 3.11. The summed E-state index contributed by atoms with van der Waals surface area (Å²) < 4.78 is 39.5. The van der Waals surface area contributed by atoms with Crippen LogP contribution in [0.1, 0.15) is 36.5 Å². The van der Waals surface area contributed by atoms with E-state index in [1.807, 2.05) is 19.9 Å². The Hall–Kier alpha value is -2.94. The number of amides is 2. The van der Waals surface area contributed by atoms with Crippen molar-refractivity contribution < 1.29 is 22.4 Å². The SMILES string of the molecule is CNC(=O)[C@H](C)N(Cc1ccc(F)cc1)C(=O)CCCN(c1cccc(C)c1C)S(C)(=O)=O. The fourth-order valence-corrected chi connectivity index (χ4v) is 4.58. The molecule has 180 valence electrons. The van der Waals surface area contributed by atoms with Crippen LogP contribution in [0, 0.1) is 19.7 Å². The highest BCUT2D eigenvalue weighted by atomic mass is 32.2. The molecule has 0 spiro atoms. The molecule has 0 aromatic heterocycles. The number of benzene rings is 2. The number of nitrogens with zero attached hydrogens (tertiary/aromatic N) is 2. The predicted octanol–water partition coefficient (Wildman–Crippen LogP) is 3.15. The van der Waals surface area contributed by atoms with Crippen LogP contribution in [0.4, 0.5) is 10.1 Å².